The molecule has 0 saturated carbocycles. The summed E-state index contributed by atoms with van der Waals surface area (Å²) in [6.07, 6.45) is 0. The smallest absolute Gasteiger partial charge is 0.253 e. The van der Waals surface area contributed by atoms with Gasteiger partial charge in [-0.3, -0.25) is 9.59 Å². The summed E-state index contributed by atoms with van der Waals surface area (Å²) in [5.41, 5.74) is 0.812. The van der Waals surface area contributed by atoms with Crippen molar-refractivity contribution in [2.24, 2.45) is 0 Å². The minimum atomic E-state index is -0.280. The highest BCUT2D eigenvalue weighted by molar-refractivity contribution is 14.1. The van der Waals surface area contributed by atoms with Gasteiger partial charge in [-0.2, -0.15) is 0 Å². The third kappa shape index (κ3) is 5.54. The first kappa shape index (κ1) is 24.1. The zero-order valence-electron chi connectivity index (χ0n) is 16.4. The number of hydrogen-bond donors (Lipinski definition) is 0. The number of alkyl halides is 2. The topological polar surface area (TPSA) is 47.1 Å². The van der Waals surface area contributed by atoms with Gasteiger partial charge in [-0.1, -0.05) is 59.0 Å². The average Bonchev–Trinajstić information content (AvgIpc) is 2.74. The summed E-state index contributed by atoms with van der Waals surface area (Å²) < 4.78 is 0. The van der Waals surface area contributed by atoms with Gasteiger partial charge >= 0.3 is 0 Å². The highest BCUT2D eigenvalue weighted by atomic mass is 127. The Balaban J connectivity index is 0.000000791. The predicted molar refractivity (Wildman–Crippen MR) is 130 cm³/mol. The molecule has 0 amide bonds. The summed E-state index contributed by atoms with van der Waals surface area (Å²) in [6, 6.07) is 0. The summed E-state index contributed by atoms with van der Waals surface area (Å²) in [5, 5.41) is 0. The van der Waals surface area contributed by atoms with Crippen LogP contribution < -0.4 is 20.7 Å². The Kier molecular flexibility index (Phi) is 11.6. The van der Waals surface area contributed by atoms with Gasteiger partial charge in [0, 0.05) is 52.4 Å². The summed E-state index contributed by atoms with van der Waals surface area (Å²) in [5.74, 6) is 0. The molecule has 2 aliphatic rings. The minimum absolute atomic E-state index is 0.280. The molecule has 8 heteroatoms. The fourth-order valence-corrected chi connectivity index (χ4v) is 3.53. The second-order valence-electron chi connectivity index (χ2n) is 6.20. The molecule has 0 radical (unpaired) electrons. The molecule has 2 fully saturated rings. The van der Waals surface area contributed by atoms with E-state index >= 15 is 0 Å². The molecule has 2 aliphatic heterocycles. The van der Waals surface area contributed by atoms with E-state index in [9.17, 15) is 9.59 Å². The number of nitrogens with zero attached hydrogens (tertiary/aromatic N) is 4. The van der Waals surface area contributed by atoms with Gasteiger partial charge in [0.05, 0.1) is 0 Å². The van der Waals surface area contributed by atoms with Crippen LogP contribution in [0.25, 0.3) is 0 Å². The first-order chi connectivity index (χ1) is 12.7. The van der Waals surface area contributed by atoms with E-state index in [1.54, 1.807) is 0 Å². The third-order valence-corrected chi connectivity index (χ3v) is 5.13. The summed E-state index contributed by atoms with van der Waals surface area (Å²) in [4.78, 5) is 37.1. The molecule has 26 heavy (non-hydrogen) atoms. The maximum atomic E-state index is 12.1. The second kappa shape index (κ2) is 12.5. The van der Waals surface area contributed by atoms with Crippen LogP contribution in [0.15, 0.2) is 9.59 Å². The van der Waals surface area contributed by atoms with Gasteiger partial charge in [0.15, 0.2) is 0 Å². The molecule has 1 aromatic rings. The summed E-state index contributed by atoms with van der Waals surface area (Å²) >= 11 is 4.30. The van der Waals surface area contributed by atoms with Crippen molar-refractivity contribution in [1.29, 1.82) is 0 Å². The molecular weight excluding hydrogens is 558 g/mol. The number of likely N-dealkylation sites (N-methyl/N-ethyl adjacent to an activating group) is 2. The number of halogens is 2. The number of hydrogen-bond acceptors (Lipinski definition) is 6. The van der Waals surface area contributed by atoms with Crippen LogP contribution in [0.3, 0.4) is 0 Å². The van der Waals surface area contributed by atoms with Crippen molar-refractivity contribution in [3.05, 3.63) is 20.4 Å². The Hall–Kier alpha value is 0.0600. The molecular formula is C18H32I2N4O2. The Morgan fingerprint density at radius 3 is 1.12 bits per heavy atom. The lowest BCUT2D eigenvalue weighted by molar-refractivity contribution is 0.267. The van der Waals surface area contributed by atoms with E-state index in [1.807, 2.05) is 9.86 Å². The van der Waals surface area contributed by atoms with E-state index < -0.39 is 0 Å². The Morgan fingerprint density at radius 1 is 0.615 bits per heavy atom. The minimum Gasteiger partial charge on any atom is -0.364 e. The lowest BCUT2D eigenvalue weighted by Crippen LogP contribution is -2.55. The lowest BCUT2D eigenvalue weighted by Gasteiger charge is -2.40. The number of anilines is 2. The molecule has 150 valence electrons. The fraction of sp³-hybridized carbons (Fsp3) is 0.778. The molecule has 0 atom stereocenters. The lowest BCUT2D eigenvalue weighted by atomic mass is 10.1. The molecule has 2 saturated heterocycles. The van der Waals surface area contributed by atoms with Crippen molar-refractivity contribution in [3.8, 4) is 0 Å². The van der Waals surface area contributed by atoms with E-state index in [1.165, 1.54) is 0 Å². The van der Waals surface area contributed by atoms with E-state index in [0.717, 1.165) is 65.4 Å². The molecule has 0 N–H and O–H groups in total. The fourth-order valence-electron chi connectivity index (χ4n) is 3.53. The van der Waals surface area contributed by atoms with Crippen molar-refractivity contribution in [3.63, 3.8) is 0 Å². The van der Waals surface area contributed by atoms with E-state index in [-0.39, 0.29) is 10.9 Å². The van der Waals surface area contributed by atoms with Crippen LogP contribution >= 0.6 is 45.2 Å². The predicted octanol–water partition coefficient (Wildman–Crippen LogP) is 1.67. The first-order valence-electron chi connectivity index (χ1n) is 9.19. The molecule has 0 aromatic heterocycles. The van der Waals surface area contributed by atoms with E-state index in [0.29, 0.717) is 11.4 Å². The Morgan fingerprint density at radius 2 is 0.885 bits per heavy atom. The van der Waals surface area contributed by atoms with Crippen LogP contribution in [-0.4, -0.2) is 85.1 Å². The zero-order valence-corrected chi connectivity index (χ0v) is 20.7. The Bertz CT molecular complexity index is 536. The van der Waals surface area contributed by atoms with Gasteiger partial charge in [0.25, 0.3) is 10.9 Å². The maximum absolute atomic E-state index is 12.1. The van der Waals surface area contributed by atoms with E-state index in [2.05, 4.69) is 78.6 Å². The van der Waals surface area contributed by atoms with E-state index in [4.69, 9.17) is 0 Å². The molecule has 1 aromatic carbocycles. The van der Waals surface area contributed by atoms with Gasteiger partial charge < -0.3 is 19.6 Å². The maximum Gasteiger partial charge on any atom is 0.253 e. The van der Waals surface area contributed by atoms with Crippen molar-refractivity contribution >= 4 is 56.6 Å². The van der Waals surface area contributed by atoms with Gasteiger partial charge in [-0.25, -0.2) is 0 Å². The molecule has 2 heterocycles. The van der Waals surface area contributed by atoms with Crippen molar-refractivity contribution in [1.82, 2.24) is 9.80 Å². The van der Waals surface area contributed by atoms with Crippen LogP contribution in [-0.2, 0) is 0 Å². The van der Waals surface area contributed by atoms with Crippen LogP contribution in [0.5, 0.6) is 0 Å². The van der Waals surface area contributed by atoms with Crippen LogP contribution in [0.2, 0.25) is 0 Å². The second-order valence-corrected chi connectivity index (χ2v) is 6.20. The molecule has 0 spiro atoms. The Labute approximate surface area is 184 Å². The van der Waals surface area contributed by atoms with Crippen LogP contribution in [0, 0.1) is 0 Å². The molecule has 0 bridgehead atoms. The molecule has 0 aliphatic carbocycles. The standard InChI is InChI=1S/C16H26N4O2.2CH3I/c1-3-17-5-9-19(10-6-17)13-14(16(22)15(13)21)20-11-7-18(4-2)8-12-20;2*1-2/h3-12H2,1-2H3;2*1H3. The largest absolute Gasteiger partial charge is 0.364 e. The highest BCUT2D eigenvalue weighted by Gasteiger charge is 2.32. The normalized spacial score (nSPS) is 18.8. The van der Waals surface area contributed by atoms with Gasteiger partial charge in [0.2, 0.25) is 0 Å². The molecule has 0 unspecified atom stereocenters. The van der Waals surface area contributed by atoms with Gasteiger partial charge in [-0.05, 0) is 23.0 Å². The van der Waals surface area contributed by atoms with Gasteiger partial charge in [-0.15, -0.1) is 0 Å². The average molecular weight is 590 g/mol. The number of piperazine rings is 2. The summed E-state index contributed by atoms with van der Waals surface area (Å²) in [7, 11) is 0. The van der Waals surface area contributed by atoms with Crippen molar-refractivity contribution < 1.29 is 0 Å². The zero-order chi connectivity index (χ0) is 19.7. The van der Waals surface area contributed by atoms with Crippen LogP contribution in [0.1, 0.15) is 13.8 Å². The SMILES string of the molecule is CCN1CCN(c2c(N3CCN(CC)CC3)c(=O)c2=O)CC1.CI.CI. The quantitative estimate of drug-likeness (QED) is 0.303. The van der Waals surface area contributed by atoms with Crippen molar-refractivity contribution in [2.75, 3.05) is 85.1 Å². The third-order valence-electron chi connectivity index (χ3n) is 5.13. The highest BCUT2D eigenvalue weighted by Crippen LogP contribution is 2.26. The van der Waals surface area contributed by atoms with Crippen LogP contribution in [0.4, 0.5) is 11.4 Å². The molecule has 3 rings (SSSR count). The number of rotatable bonds is 4. The van der Waals surface area contributed by atoms with Crippen molar-refractivity contribution in [2.45, 2.75) is 13.8 Å². The van der Waals surface area contributed by atoms with Gasteiger partial charge in [0.1, 0.15) is 11.4 Å². The monoisotopic (exact) mass is 590 g/mol. The summed E-state index contributed by atoms with van der Waals surface area (Å²) in [6.45, 7) is 13.7. The molecule has 6 nitrogen and oxygen atoms in total. The first-order valence-corrected chi connectivity index (χ1v) is 13.5.